The number of hydrogen-bond donors (Lipinski definition) is 1. The van der Waals surface area contributed by atoms with Crippen molar-refractivity contribution in [2.75, 3.05) is 40.6 Å². The van der Waals surface area contributed by atoms with Crippen molar-refractivity contribution in [2.45, 2.75) is 108 Å². The maximum atomic E-state index is 14.5. The summed E-state index contributed by atoms with van der Waals surface area (Å²) in [7, 11) is 3.18. The number of ether oxygens (including phenoxy) is 9. The minimum atomic E-state index is -5.24. The summed E-state index contributed by atoms with van der Waals surface area (Å²) in [6.07, 6.45) is -8.74. The molecule has 1 N–H and O–H groups in total. The number of carbonyl (C=O) groups excluding carboxylic acids is 2. The summed E-state index contributed by atoms with van der Waals surface area (Å²) in [6, 6.07) is 39.9. The van der Waals surface area contributed by atoms with Gasteiger partial charge in [0.05, 0.1) is 59.5 Å². The molecule has 0 aliphatic carbocycles. The molecule has 0 saturated heterocycles. The van der Waals surface area contributed by atoms with E-state index in [9.17, 15) is 41.0 Å². The van der Waals surface area contributed by atoms with Crippen LogP contribution in [0.2, 0.25) is 0 Å². The Morgan fingerprint density at radius 1 is 0.479 bits per heavy atom. The first kappa shape index (κ1) is 59.5. The Labute approximate surface area is 422 Å². The summed E-state index contributed by atoms with van der Waals surface area (Å²) in [4.78, 5) is 25.0. The molecule has 0 aromatic heterocycles. The van der Waals surface area contributed by atoms with Crippen molar-refractivity contribution in [3.05, 3.63) is 167 Å². The summed E-state index contributed by atoms with van der Waals surface area (Å²) in [5, 5.41) is 9.99. The van der Waals surface area contributed by atoms with E-state index in [0.29, 0.717) is 55.6 Å². The van der Waals surface area contributed by atoms with E-state index in [-0.39, 0.29) is 38.6 Å². The molecule has 0 aliphatic rings. The first-order valence-electron chi connectivity index (χ1n) is 23.5. The maximum Gasteiger partial charge on any atom is 0.430 e. The second-order valence-electron chi connectivity index (χ2n) is 16.9. The number of esters is 2. The molecule has 2 unspecified atom stereocenters. The lowest BCUT2D eigenvalue weighted by Crippen LogP contribution is -2.58. The van der Waals surface area contributed by atoms with Crippen LogP contribution in [0.4, 0.5) is 26.3 Å². The number of methoxy groups -OCH3 is 2. The minimum Gasteiger partial charge on any atom is -0.497 e. The molecule has 0 amide bonds. The second-order valence-corrected chi connectivity index (χ2v) is 16.9. The van der Waals surface area contributed by atoms with Gasteiger partial charge in [-0.3, -0.25) is 0 Å². The summed E-state index contributed by atoms with van der Waals surface area (Å²) >= 11 is 0. The van der Waals surface area contributed by atoms with E-state index in [1.807, 2.05) is 62.4 Å². The molecule has 0 radical (unpaired) electrons. The van der Waals surface area contributed by atoms with Gasteiger partial charge in [-0.15, -0.1) is 0 Å². The van der Waals surface area contributed by atoms with E-state index in [2.05, 4.69) is 4.74 Å². The fraction of sp³-hybridized carbons (Fsp3) is 0.418. The summed E-state index contributed by atoms with van der Waals surface area (Å²) in [5.74, 6) is -1.85. The van der Waals surface area contributed by atoms with Gasteiger partial charge in [0.1, 0.15) is 24.7 Å². The van der Waals surface area contributed by atoms with Crippen LogP contribution in [0.15, 0.2) is 140 Å². The number of halogens is 6. The summed E-state index contributed by atoms with van der Waals surface area (Å²) < 4.78 is 131. The average Bonchev–Trinajstić information content (AvgIpc) is 3.39. The fourth-order valence-corrected chi connectivity index (χ4v) is 6.63. The van der Waals surface area contributed by atoms with Gasteiger partial charge < -0.3 is 47.7 Å². The Bertz CT molecular complexity index is 2300. The monoisotopic (exact) mass is 1030 g/mol. The minimum absolute atomic E-state index is 0.0191. The fourth-order valence-electron chi connectivity index (χ4n) is 6.63. The molecular weight excluding hydrogens is 967 g/mol. The van der Waals surface area contributed by atoms with Crippen molar-refractivity contribution >= 4 is 11.9 Å². The molecular formula is C55H64F6O12. The lowest BCUT2D eigenvalue weighted by atomic mass is 10.0. The third kappa shape index (κ3) is 20.1. The van der Waals surface area contributed by atoms with Gasteiger partial charge in [-0.25, -0.2) is 9.59 Å². The van der Waals surface area contributed by atoms with Gasteiger partial charge in [-0.05, 0) is 91.6 Å². The van der Waals surface area contributed by atoms with Crippen LogP contribution in [0.5, 0.6) is 11.5 Å². The van der Waals surface area contributed by atoms with Crippen molar-refractivity contribution in [3.8, 4) is 11.5 Å². The molecule has 18 heteroatoms. The average molecular weight is 1030 g/mol. The normalized spacial score (nSPS) is 14.1. The van der Waals surface area contributed by atoms with Crippen LogP contribution < -0.4 is 9.47 Å². The van der Waals surface area contributed by atoms with Gasteiger partial charge in [-0.2, -0.15) is 26.3 Å². The molecule has 0 fully saturated rings. The molecule has 0 heterocycles. The molecule has 0 bridgehead atoms. The van der Waals surface area contributed by atoms with Crippen LogP contribution in [0.25, 0.3) is 0 Å². The van der Waals surface area contributed by atoms with Gasteiger partial charge in [-0.1, -0.05) is 115 Å². The van der Waals surface area contributed by atoms with Gasteiger partial charge in [0.2, 0.25) is 0 Å². The third-order valence-corrected chi connectivity index (χ3v) is 11.1. The van der Waals surface area contributed by atoms with E-state index >= 15 is 0 Å². The zero-order valence-corrected chi connectivity index (χ0v) is 41.3. The number of hydrogen-bond acceptors (Lipinski definition) is 12. The Kier molecular flexibility index (Phi) is 24.7. The molecule has 5 aromatic carbocycles. The van der Waals surface area contributed by atoms with Gasteiger partial charge in [0.15, 0.2) is 0 Å². The standard InChI is InChI=1S/C31H35F3O6.C24H29F3O6/c1-24(38-20-27-15-17-28(36-2)18-16-27)10-9-19-37-23-30(31(32,33)34,40-22-26-13-7-4-8-14-26)29(35)39-21-25-11-5-3-6-12-25;1-18(32-15-20-10-12-21(30-2)13-11-20)7-6-14-31-17-23(29,24(25,26)27)22(28)33-16-19-8-4-3-5-9-19/h3-8,11-18,24H,9-10,19-23H2,1-2H3;3-5,8-13,18,29H,6-7,14-17H2,1-2H3/t24-,30?;18-,23?/m00/s1. The number of carbonyl (C=O) groups is 2. The smallest absolute Gasteiger partial charge is 0.430 e. The highest BCUT2D eigenvalue weighted by molar-refractivity contribution is 5.81. The van der Waals surface area contributed by atoms with E-state index in [0.717, 1.165) is 22.6 Å². The SMILES string of the molecule is COc1ccc(CO[C@@H](C)CCCOCC(O)(C(=O)OCc2ccccc2)C(F)(F)F)cc1.COc1ccc(CO[C@@H](C)CCCOCC(OCc2ccccc2)(C(=O)OCc2ccccc2)C(F)(F)F)cc1. The van der Waals surface area contributed by atoms with Gasteiger partial charge >= 0.3 is 24.3 Å². The van der Waals surface area contributed by atoms with Crippen molar-refractivity contribution in [3.63, 3.8) is 0 Å². The van der Waals surface area contributed by atoms with Gasteiger partial charge in [0, 0.05) is 13.2 Å². The molecule has 398 valence electrons. The van der Waals surface area contributed by atoms with Crippen LogP contribution in [-0.4, -0.2) is 93.5 Å². The molecule has 0 aliphatic heterocycles. The summed E-state index contributed by atoms with van der Waals surface area (Å²) in [5.41, 5.74) is -3.55. The molecule has 5 rings (SSSR count). The lowest BCUT2D eigenvalue weighted by molar-refractivity contribution is -0.293. The molecule has 0 spiro atoms. The molecule has 0 saturated carbocycles. The van der Waals surface area contributed by atoms with Crippen molar-refractivity contribution in [2.24, 2.45) is 0 Å². The Morgan fingerprint density at radius 2 is 0.849 bits per heavy atom. The third-order valence-electron chi connectivity index (χ3n) is 11.1. The van der Waals surface area contributed by atoms with Crippen molar-refractivity contribution in [1.29, 1.82) is 0 Å². The molecule has 73 heavy (non-hydrogen) atoms. The van der Waals surface area contributed by atoms with Crippen LogP contribution in [-0.2, 0) is 75.8 Å². The highest BCUT2D eigenvalue weighted by Gasteiger charge is 2.64. The zero-order valence-electron chi connectivity index (χ0n) is 41.3. The summed E-state index contributed by atoms with van der Waals surface area (Å²) in [6.45, 7) is 0.968. The Morgan fingerprint density at radius 3 is 1.23 bits per heavy atom. The highest BCUT2D eigenvalue weighted by Crippen LogP contribution is 2.37. The molecule has 12 nitrogen and oxygen atoms in total. The number of alkyl halides is 6. The van der Waals surface area contributed by atoms with Crippen LogP contribution in [0, 0.1) is 0 Å². The first-order chi connectivity index (χ1) is 34.9. The first-order valence-corrected chi connectivity index (χ1v) is 23.5. The highest BCUT2D eigenvalue weighted by atomic mass is 19.4. The van der Waals surface area contributed by atoms with Crippen LogP contribution >= 0.6 is 0 Å². The van der Waals surface area contributed by atoms with Crippen molar-refractivity contribution < 1.29 is 83.7 Å². The van der Waals surface area contributed by atoms with E-state index in [4.69, 9.17) is 37.9 Å². The number of aliphatic hydroxyl groups is 1. The largest absolute Gasteiger partial charge is 0.497 e. The van der Waals surface area contributed by atoms with E-state index in [1.54, 1.807) is 105 Å². The topological polar surface area (TPSA) is 137 Å². The molecule has 4 atom stereocenters. The number of rotatable bonds is 29. The predicted molar refractivity (Wildman–Crippen MR) is 258 cm³/mol. The predicted octanol–water partition coefficient (Wildman–Crippen LogP) is 11.1. The maximum absolute atomic E-state index is 14.5. The van der Waals surface area contributed by atoms with Crippen LogP contribution in [0.3, 0.4) is 0 Å². The second kappa shape index (κ2) is 30.2. The lowest BCUT2D eigenvalue weighted by Gasteiger charge is -2.33. The zero-order chi connectivity index (χ0) is 53.2. The van der Waals surface area contributed by atoms with E-state index < -0.39 is 55.3 Å². The van der Waals surface area contributed by atoms with E-state index in [1.165, 1.54) is 0 Å². The van der Waals surface area contributed by atoms with Crippen LogP contribution in [0.1, 0.15) is 67.3 Å². The molecule has 5 aromatic rings. The van der Waals surface area contributed by atoms with Crippen molar-refractivity contribution in [1.82, 2.24) is 0 Å². The van der Waals surface area contributed by atoms with Gasteiger partial charge in [0.25, 0.3) is 11.2 Å². The quantitative estimate of drug-likeness (QED) is 0.0277. The Hall–Kier alpha value is -6.02. The Balaban J connectivity index is 0.000000323. The number of benzene rings is 5.